The molecule has 0 amide bonds. The lowest BCUT2D eigenvalue weighted by Crippen LogP contribution is -2.22. The zero-order valence-electron chi connectivity index (χ0n) is 11.1. The lowest BCUT2D eigenvalue weighted by atomic mass is 9.98. The quantitative estimate of drug-likeness (QED) is 0.648. The van der Waals surface area contributed by atoms with Crippen LogP contribution in [0.25, 0.3) is 0 Å². The molecule has 3 nitrogen and oxygen atoms in total. The van der Waals surface area contributed by atoms with Crippen molar-refractivity contribution in [1.29, 1.82) is 0 Å². The molecule has 0 heterocycles. The first-order valence-electron chi connectivity index (χ1n) is 5.53. The summed E-state index contributed by atoms with van der Waals surface area (Å²) in [6.07, 6.45) is 0. The highest BCUT2D eigenvalue weighted by Crippen LogP contribution is 2.24. The van der Waals surface area contributed by atoms with Crippen LogP contribution in [0.15, 0.2) is 6.07 Å². The van der Waals surface area contributed by atoms with E-state index < -0.39 is 0 Å². The Kier molecular flexibility index (Phi) is 4.34. The second kappa shape index (κ2) is 5.36. The van der Waals surface area contributed by atoms with E-state index in [2.05, 4.69) is 13.0 Å². The fourth-order valence-electron chi connectivity index (χ4n) is 1.73. The van der Waals surface area contributed by atoms with Crippen molar-refractivity contribution in [2.45, 2.75) is 27.4 Å². The Hall–Kier alpha value is -1.29. The van der Waals surface area contributed by atoms with E-state index in [9.17, 15) is 0 Å². The summed E-state index contributed by atoms with van der Waals surface area (Å²) in [5.41, 5.74) is 11.4. The van der Waals surface area contributed by atoms with Crippen LogP contribution in [0.4, 0.5) is 5.69 Å². The first-order chi connectivity index (χ1) is 7.84. The molecule has 0 radical (unpaired) electrons. The predicted molar refractivity (Wildman–Crippen MR) is 76.1 cm³/mol. The Balaban J connectivity index is 2.92. The largest absolute Gasteiger partial charge is 0.466 e. The van der Waals surface area contributed by atoms with Crippen LogP contribution in [-0.4, -0.2) is 24.2 Å². The number of aryl methyl sites for hydroxylation is 2. The molecule has 0 aliphatic heterocycles. The second-order valence-corrected chi connectivity index (χ2v) is 4.83. The van der Waals surface area contributed by atoms with Crippen LogP contribution >= 0.6 is 12.2 Å². The maximum absolute atomic E-state index is 6.02. The van der Waals surface area contributed by atoms with E-state index >= 15 is 0 Å². The molecule has 0 bridgehead atoms. The van der Waals surface area contributed by atoms with Crippen LogP contribution in [-0.2, 0) is 11.3 Å². The average Bonchev–Trinajstić information content (AvgIpc) is 2.25. The summed E-state index contributed by atoms with van der Waals surface area (Å²) in [7, 11) is 3.73. The van der Waals surface area contributed by atoms with Crippen molar-refractivity contribution >= 4 is 23.1 Å². The number of nitrogens with two attached hydrogens (primary N) is 1. The van der Waals surface area contributed by atoms with Gasteiger partial charge in [0.25, 0.3) is 5.17 Å². The fourth-order valence-corrected chi connectivity index (χ4v) is 1.79. The summed E-state index contributed by atoms with van der Waals surface area (Å²) in [5, 5.41) is 0.489. The lowest BCUT2D eigenvalue weighted by molar-refractivity contribution is 0.256. The van der Waals surface area contributed by atoms with E-state index in [-0.39, 0.29) is 0 Å². The Bertz CT molecular complexity index is 442. The van der Waals surface area contributed by atoms with Crippen LogP contribution < -0.4 is 5.73 Å². The SMILES string of the molecule is Cc1cc(C)c(COC(=S)N(C)C)c(C)c1N. The third kappa shape index (κ3) is 3.09. The highest BCUT2D eigenvalue weighted by Gasteiger charge is 2.10. The number of benzene rings is 1. The van der Waals surface area contributed by atoms with E-state index in [1.165, 1.54) is 5.56 Å². The minimum atomic E-state index is 0.471. The molecule has 0 spiro atoms. The molecule has 0 atom stereocenters. The maximum Gasteiger partial charge on any atom is 0.259 e. The van der Waals surface area contributed by atoms with Crippen molar-refractivity contribution in [1.82, 2.24) is 4.90 Å². The zero-order chi connectivity index (χ0) is 13.2. The Morgan fingerprint density at radius 3 is 2.41 bits per heavy atom. The molecule has 0 fully saturated rings. The van der Waals surface area contributed by atoms with Crippen molar-refractivity contribution in [3.8, 4) is 0 Å². The van der Waals surface area contributed by atoms with Crippen molar-refractivity contribution in [2.75, 3.05) is 19.8 Å². The molecular formula is C13H20N2OS. The number of anilines is 1. The molecule has 94 valence electrons. The van der Waals surface area contributed by atoms with Gasteiger partial charge in [-0.1, -0.05) is 6.07 Å². The third-order valence-corrected chi connectivity index (χ3v) is 3.38. The third-order valence-electron chi connectivity index (χ3n) is 2.90. The van der Waals surface area contributed by atoms with E-state index in [1.54, 1.807) is 4.90 Å². The number of ether oxygens (including phenoxy) is 1. The molecule has 4 heteroatoms. The highest BCUT2D eigenvalue weighted by molar-refractivity contribution is 7.79. The summed E-state index contributed by atoms with van der Waals surface area (Å²) >= 11 is 5.09. The molecule has 0 aromatic heterocycles. The van der Waals surface area contributed by atoms with Gasteiger partial charge in [-0.05, 0) is 55.2 Å². The first kappa shape index (κ1) is 13.8. The van der Waals surface area contributed by atoms with Crippen LogP contribution in [0, 0.1) is 20.8 Å². The number of hydrogen-bond acceptors (Lipinski definition) is 3. The fraction of sp³-hybridized carbons (Fsp3) is 0.462. The van der Waals surface area contributed by atoms with Crippen molar-refractivity contribution in [3.05, 3.63) is 28.3 Å². The van der Waals surface area contributed by atoms with Gasteiger partial charge in [0, 0.05) is 19.8 Å². The second-order valence-electron chi connectivity index (χ2n) is 4.48. The standard InChI is InChI=1S/C13H20N2OS/c1-8-6-9(2)12(14)10(3)11(8)7-16-13(17)15(4)5/h6H,7,14H2,1-5H3. The molecular weight excluding hydrogens is 232 g/mol. The number of rotatable bonds is 2. The van der Waals surface area contributed by atoms with Gasteiger partial charge in [-0.25, -0.2) is 0 Å². The number of hydrogen-bond donors (Lipinski definition) is 1. The molecule has 1 rings (SSSR count). The van der Waals surface area contributed by atoms with Crippen molar-refractivity contribution in [3.63, 3.8) is 0 Å². The van der Waals surface area contributed by atoms with E-state index in [0.717, 1.165) is 22.4 Å². The summed E-state index contributed by atoms with van der Waals surface area (Å²) in [5.74, 6) is 0. The maximum atomic E-state index is 6.02. The van der Waals surface area contributed by atoms with E-state index in [0.29, 0.717) is 11.8 Å². The number of thiocarbonyl (C=S) groups is 1. The van der Waals surface area contributed by atoms with Gasteiger partial charge < -0.3 is 15.4 Å². The average molecular weight is 252 g/mol. The Morgan fingerprint density at radius 1 is 1.29 bits per heavy atom. The summed E-state index contributed by atoms with van der Waals surface area (Å²) in [6, 6.07) is 2.08. The van der Waals surface area contributed by atoms with E-state index in [4.69, 9.17) is 22.7 Å². The highest BCUT2D eigenvalue weighted by atomic mass is 32.1. The van der Waals surface area contributed by atoms with Gasteiger partial charge in [-0.2, -0.15) is 0 Å². The first-order valence-corrected chi connectivity index (χ1v) is 5.94. The summed E-state index contributed by atoms with van der Waals surface area (Å²) in [4.78, 5) is 1.78. The molecule has 0 saturated carbocycles. The van der Waals surface area contributed by atoms with Gasteiger partial charge in [0.05, 0.1) is 0 Å². The number of nitrogen functional groups attached to an aromatic ring is 1. The van der Waals surface area contributed by atoms with Gasteiger partial charge in [0.15, 0.2) is 0 Å². The molecule has 1 aromatic rings. The molecule has 17 heavy (non-hydrogen) atoms. The van der Waals surface area contributed by atoms with Crippen LogP contribution in [0.5, 0.6) is 0 Å². The molecule has 1 aromatic carbocycles. The van der Waals surface area contributed by atoms with Crippen LogP contribution in [0.2, 0.25) is 0 Å². The van der Waals surface area contributed by atoms with Crippen LogP contribution in [0.3, 0.4) is 0 Å². The summed E-state index contributed by atoms with van der Waals surface area (Å²) < 4.78 is 5.55. The van der Waals surface area contributed by atoms with E-state index in [1.807, 2.05) is 27.9 Å². The zero-order valence-corrected chi connectivity index (χ0v) is 11.9. The number of nitrogens with zero attached hydrogens (tertiary/aromatic N) is 1. The Morgan fingerprint density at radius 2 is 1.88 bits per heavy atom. The molecule has 0 saturated heterocycles. The molecule has 0 unspecified atom stereocenters. The lowest BCUT2D eigenvalue weighted by Gasteiger charge is -2.18. The van der Waals surface area contributed by atoms with Gasteiger partial charge in [-0.3, -0.25) is 0 Å². The Labute approximate surface area is 109 Å². The van der Waals surface area contributed by atoms with Crippen molar-refractivity contribution in [2.24, 2.45) is 0 Å². The molecule has 2 N–H and O–H groups in total. The van der Waals surface area contributed by atoms with Gasteiger partial charge >= 0.3 is 0 Å². The smallest absolute Gasteiger partial charge is 0.259 e. The normalized spacial score (nSPS) is 10.2. The minimum Gasteiger partial charge on any atom is -0.466 e. The monoisotopic (exact) mass is 252 g/mol. The van der Waals surface area contributed by atoms with Crippen molar-refractivity contribution < 1.29 is 4.74 Å². The minimum absolute atomic E-state index is 0.471. The topological polar surface area (TPSA) is 38.5 Å². The molecule has 0 aliphatic rings. The van der Waals surface area contributed by atoms with Gasteiger partial charge in [-0.15, -0.1) is 0 Å². The van der Waals surface area contributed by atoms with Gasteiger partial charge in [0.2, 0.25) is 0 Å². The van der Waals surface area contributed by atoms with Crippen LogP contribution in [0.1, 0.15) is 22.3 Å². The molecule has 0 aliphatic carbocycles. The van der Waals surface area contributed by atoms with Gasteiger partial charge in [0.1, 0.15) is 6.61 Å². The summed E-state index contributed by atoms with van der Waals surface area (Å²) in [6.45, 7) is 6.58. The predicted octanol–water partition coefficient (Wildman–Crippen LogP) is 2.56.